The van der Waals surface area contributed by atoms with Gasteiger partial charge in [-0.25, -0.2) is 9.67 Å². The van der Waals surface area contributed by atoms with Crippen LogP contribution in [-0.4, -0.2) is 21.1 Å². The molecule has 1 aromatic carbocycles. The molecule has 2 rings (SSSR count). The summed E-state index contributed by atoms with van der Waals surface area (Å²) in [4.78, 5) is 14.6. The van der Waals surface area contributed by atoms with Crippen LogP contribution in [0.25, 0.3) is 11.4 Å². The first kappa shape index (κ1) is 9.86. The summed E-state index contributed by atoms with van der Waals surface area (Å²) in [7, 11) is 1.78. The van der Waals surface area contributed by atoms with Crippen molar-refractivity contribution in [2.24, 2.45) is 7.05 Å². The molecule has 5 heteroatoms. The monoisotopic (exact) mass is 221 g/mol. The van der Waals surface area contributed by atoms with Gasteiger partial charge in [-0.05, 0) is 12.1 Å². The summed E-state index contributed by atoms with van der Waals surface area (Å²) in [5.74, 6) is 0.678. The summed E-state index contributed by atoms with van der Waals surface area (Å²) in [6.07, 6.45) is 2.21. The van der Waals surface area contributed by atoms with Crippen molar-refractivity contribution in [3.8, 4) is 11.4 Å². The third kappa shape index (κ3) is 1.76. The largest absolute Gasteiger partial charge is 0.298 e. The molecule has 1 aromatic heterocycles. The van der Waals surface area contributed by atoms with Gasteiger partial charge in [0.2, 0.25) is 0 Å². The van der Waals surface area contributed by atoms with E-state index in [2.05, 4.69) is 10.1 Å². The highest BCUT2D eigenvalue weighted by atomic mass is 35.5. The third-order valence-electron chi connectivity index (χ3n) is 2.08. The quantitative estimate of drug-likeness (QED) is 0.729. The Kier molecular flexibility index (Phi) is 2.51. The fourth-order valence-electron chi connectivity index (χ4n) is 1.33. The molecule has 0 spiro atoms. The summed E-state index contributed by atoms with van der Waals surface area (Å²) in [5, 5.41) is 4.45. The van der Waals surface area contributed by atoms with E-state index in [0.29, 0.717) is 16.4 Å². The molecular weight excluding hydrogens is 214 g/mol. The van der Waals surface area contributed by atoms with E-state index in [1.54, 1.807) is 29.9 Å². The van der Waals surface area contributed by atoms with Gasteiger partial charge >= 0.3 is 0 Å². The lowest BCUT2D eigenvalue weighted by molar-refractivity contribution is 0.112. The van der Waals surface area contributed by atoms with Gasteiger partial charge in [0.25, 0.3) is 0 Å². The van der Waals surface area contributed by atoms with E-state index in [-0.39, 0.29) is 0 Å². The van der Waals surface area contributed by atoms with Crippen LogP contribution in [0.3, 0.4) is 0 Å². The zero-order valence-electron chi connectivity index (χ0n) is 8.01. The van der Waals surface area contributed by atoms with E-state index < -0.39 is 0 Å². The second kappa shape index (κ2) is 3.82. The zero-order chi connectivity index (χ0) is 10.8. The molecule has 0 saturated carbocycles. The van der Waals surface area contributed by atoms with Crippen LogP contribution in [0.4, 0.5) is 0 Å². The first-order valence-electron chi connectivity index (χ1n) is 4.31. The van der Waals surface area contributed by atoms with Gasteiger partial charge < -0.3 is 0 Å². The maximum absolute atomic E-state index is 10.5. The molecule has 0 unspecified atom stereocenters. The second-order valence-corrected chi connectivity index (χ2v) is 3.47. The number of hydrogen-bond acceptors (Lipinski definition) is 3. The minimum absolute atomic E-state index is 0.496. The molecule has 15 heavy (non-hydrogen) atoms. The van der Waals surface area contributed by atoms with Crippen LogP contribution in [0, 0.1) is 0 Å². The van der Waals surface area contributed by atoms with Crippen LogP contribution in [-0.2, 0) is 7.05 Å². The van der Waals surface area contributed by atoms with Crippen LogP contribution in [0.1, 0.15) is 10.4 Å². The molecule has 0 N–H and O–H groups in total. The van der Waals surface area contributed by atoms with E-state index >= 15 is 0 Å². The van der Waals surface area contributed by atoms with Crippen LogP contribution in [0.5, 0.6) is 0 Å². The van der Waals surface area contributed by atoms with Crippen LogP contribution < -0.4 is 0 Å². The van der Waals surface area contributed by atoms with Gasteiger partial charge in [-0.1, -0.05) is 17.7 Å². The lowest BCUT2D eigenvalue weighted by atomic mass is 10.1. The lowest BCUT2D eigenvalue weighted by Gasteiger charge is -2.03. The van der Waals surface area contributed by atoms with E-state index in [0.717, 1.165) is 11.8 Å². The van der Waals surface area contributed by atoms with Gasteiger partial charge in [0.05, 0.1) is 5.02 Å². The molecule has 76 valence electrons. The van der Waals surface area contributed by atoms with Crippen molar-refractivity contribution in [3.63, 3.8) is 0 Å². The molecule has 0 bridgehead atoms. The number of aryl methyl sites for hydroxylation is 1. The average molecular weight is 222 g/mol. The number of benzene rings is 1. The highest BCUT2D eigenvalue weighted by Crippen LogP contribution is 2.26. The molecule has 0 radical (unpaired) electrons. The van der Waals surface area contributed by atoms with Crippen molar-refractivity contribution in [1.82, 2.24) is 14.8 Å². The topological polar surface area (TPSA) is 47.8 Å². The van der Waals surface area contributed by atoms with E-state index in [1.807, 2.05) is 0 Å². The predicted molar refractivity (Wildman–Crippen MR) is 56.8 cm³/mol. The minimum Gasteiger partial charge on any atom is -0.298 e. The molecule has 0 aliphatic rings. The summed E-state index contributed by atoms with van der Waals surface area (Å²) in [6, 6.07) is 5.07. The molecule has 4 nitrogen and oxygen atoms in total. The lowest BCUT2D eigenvalue weighted by Crippen LogP contribution is -1.95. The van der Waals surface area contributed by atoms with Gasteiger partial charge in [-0.15, -0.1) is 0 Å². The van der Waals surface area contributed by atoms with Gasteiger partial charge in [-0.2, -0.15) is 5.10 Å². The van der Waals surface area contributed by atoms with E-state index in [1.165, 1.54) is 6.33 Å². The summed E-state index contributed by atoms with van der Waals surface area (Å²) >= 11 is 6.03. The number of hydrogen-bond donors (Lipinski definition) is 0. The molecule has 2 aromatic rings. The zero-order valence-corrected chi connectivity index (χ0v) is 8.77. The molecule has 0 aliphatic heterocycles. The Morgan fingerprint density at radius 2 is 2.27 bits per heavy atom. The van der Waals surface area contributed by atoms with E-state index in [4.69, 9.17) is 11.6 Å². The SMILES string of the molecule is Cn1ncnc1-c1ccc(C=O)cc1Cl. The first-order valence-corrected chi connectivity index (χ1v) is 4.69. The summed E-state index contributed by atoms with van der Waals surface area (Å²) in [5.41, 5.74) is 1.31. The van der Waals surface area contributed by atoms with Crippen molar-refractivity contribution in [1.29, 1.82) is 0 Å². The second-order valence-electron chi connectivity index (χ2n) is 3.06. The minimum atomic E-state index is 0.496. The highest BCUT2D eigenvalue weighted by Gasteiger charge is 2.08. The normalized spacial score (nSPS) is 10.3. The molecular formula is C10H8ClN3O. The van der Waals surface area contributed by atoms with Gasteiger partial charge in [0, 0.05) is 18.2 Å². The molecule has 0 atom stereocenters. The first-order chi connectivity index (χ1) is 7.22. The van der Waals surface area contributed by atoms with Gasteiger partial charge in [-0.3, -0.25) is 4.79 Å². The number of aldehydes is 1. The van der Waals surface area contributed by atoms with Crippen molar-refractivity contribution in [2.45, 2.75) is 0 Å². The Balaban J connectivity index is 2.55. The Hall–Kier alpha value is -1.68. The summed E-state index contributed by atoms with van der Waals surface area (Å²) < 4.78 is 1.63. The Labute approximate surface area is 91.5 Å². The molecule has 0 fully saturated rings. The Morgan fingerprint density at radius 1 is 1.47 bits per heavy atom. The number of carbonyl (C=O) groups is 1. The smallest absolute Gasteiger partial charge is 0.159 e. The van der Waals surface area contributed by atoms with Crippen LogP contribution in [0.15, 0.2) is 24.5 Å². The van der Waals surface area contributed by atoms with Crippen molar-refractivity contribution in [3.05, 3.63) is 35.1 Å². The van der Waals surface area contributed by atoms with Gasteiger partial charge in [0.15, 0.2) is 5.82 Å². The number of rotatable bonds is 2. The predicted octanol–water partition coefficient (Wildman–Crippen LogP) is 1.95. The van der Waals surface area contributed by atoms with Crippen molar-refractivity contribution < 1.29 is 4.79 Å². The van der Waals surface area contributed by atoms with Crippen LogP contribution in [0.2, 0.25) is 5.02 Å². The Morgan fingerprint density at radius 3 is 2.80 bits per heavy atom. The van der Waals surface area contributed by atoms with Gasteiger partial charge in [0.1, 0.15) is 12.6 Å². The Bertz CT molecular complexity index is 507. The average Bonchev–Trinajstić information content (AvgIpc) is 2.64. The number of halogens is 1. The number of aromatic nitrogens is 3. The van der Waals surface area contributed by atoms with Crippen molar-refractivity contribution >= 4 is 17.9 Å². The van der Waals surface area contributed by atoms with E-state index in [9.17, 15) is 4.79 Å². The molecule has 0 amide bonds. The van der Waals surface area contributed by atoms with Crippen LogP contribution >= 0.6 is 11.6 Å². The molecule has 0 aliphatic carbocycles. The molecule has 0 saturated heterocycles. The third-order valence-corrected chi connectivity index (χ3v) is 2.39. The maximum Gasteiger partial charge on any atom is 0.159 e. The number of nitrogens with zero attached hydrogens (tertiary/aromatic N) is 3. The van der Waals surface area contributed by atoms with Crippen molar-refractivity contribution in [2.75, 3.05) is 0 Å². The fraction of sp³-hybridized carbons (Fsp3) is 0.100. The molecule has 1 heterocycles. The maximum atomic E-state index is 10.5. The standard InChI is InChI=1S/C10H8ClN3O/c1-14-10(12-6-13-14)8-3-2-7(5-15)4-9(8)11/h2-6H,1H3. The highest BCUT2D eigenvalue weighted by molar-refractivity contribution is 6.33. The number of carbonyl (C=O) groups excluding carboxylic acids is 1. The summed E-state index contributed by atoms with van der Waals surface area (Å²) in [6.45, 7) is 0. The fourth-order valence-corrected chi connectivity index (χ4v) is 1.60.